The lowest BCUT2D eigenvalue weighted by Gasteiger charge is -2.26. The predicted octanol–water partition coefficient (Wildman–Crippen LogP) is 3.64. The van der Waals surface area contributed by atoms with E-state index >= 15 is 0 Å². The first kappa shape index (κ1) is 18.9. The fraction of sp³-hybridized carbons (Fsp3) is 0.381. The van der Waals surface area contributed by atoms with Gasteiger partial charge in [-0.2, -0.15) is 5.10 Å². The first-order valence-electron chi connectivity index (χ1n) is 9.47. The molecule has 3 aromatic rings. The molecule has 2 aromatic heterocycles. The fourth-order valence-corrected chi connectivity index (χ4v) is 3.45. The van der Waals surface area contributed by atoms with Crippen molar-refractivity contribution in [3.05, 3.63) is 53.9 Å². The Morgan fingerprint density at radius 2 is 2.00 bits per heavy atom. The summed E-state index contributed by atoms with van der Waals surface area (Å²) >= 11 is 0. The number of H-pyrrole nitrogens is 1. The van der Waals surface area contributed by atoms with Crippen molar-refractivity contribution in [1.29, 1.82) is 0 Å². The van der Waals surface area contributed by atoms with Crippen LogP contribution in [0, 0.1) is 0 Å². The van der Waals surface area contributed by atoms with Gasteiger partial charge in [0, 0.05) is 38.0 Å². The van der Waals surface area contributed by atoms with Crippen LogP contribution in [-0.2, 0) is 11.2 Å². The Bertz CT molecular complexity index is 892. The van der Waals surface area contributed by atoms with Crippen molar-refractivity contribution in [2.24, 2.45) is 0 Å². The first-order chi connectivity index (χ1) is 13.1. The van der Waals surface area contributed by atoms with Crippen LogP contribution in [0.5, 0.6) is 5.88 Å². The Morgan fingerprint density at radius 1 is 1.22 bits per heavy atom. The number of carbonyl (C=O) groups is 1. The van der Waals surface area contributed by atoms with E-state index in [1.54, 1.807) is 6.07 Å². The van der Waals surface area contributed by atoms with Crippen LogP contribution in [0.15, 0.2) is 42.6 Å². The number of amides is 1. The van der Waals surface area contributed by atoms with Crippen molar-refractivity contribution in [3.63, 3.8) is 0 Å². The van der Waals surface area contributed by atoms with Crippen molar-refractivity contribution in [1.82, 2.24) is 20.1 Å². The molecule has 0 spiro atoms. The van der Waals surface area contributed by atoms with Crippen LogP contribution in [0.3, 0.4) is 0 Å². The van der Waals surface area contributed by atoms with Gasteiger partial charge in [0.2, 0.25) is 11.8 Å². The van der Waals surface area contributed by atoms with E-state index in [1.165, 1.54) is 11.8 Å². The highest BCUT2D eigenvalue weighted by molar-refractivity contribution is 5.86. The van der Waals surface area contributed by atoms with Crippen LogP contribution in [0.25, 0.3) is 10.9 Å². The summed E-state index contributed by atoms with van der Waals surface area (Å²) in [4.78, 5) is 18.6. The van der Waals surface area contributed by atoms with Crippen molar-refractivity contribution >= 4 is 16.8 Å². The molecule has 27 heavy (non-hydrogen) atoms. The summed E-state index contributed by atoms with van der Waals surface area (Å²) in [5.74, 6) is 0.382. The van der Waals surface area contributed by atoms with Crippen molar-refractivity contribution in [3.8, 4) is 5.88 Å². The van der Waals surface area contributed by atoms with Gasteiger partial charge >= 0.3 is 0 Å². The van der Waals surface area contributed by atoms with E-state index in [9.17, 15) is 9.90 Å². The molecule has 0 fully saturated rings. The fourth-order valence-electron chi connectivity index (χ4n) is 3.45. The molecule has 0 radical (unpaired) electrons. The molecule has 1 atom stereocenters. The zero-order chi connectivity index (χ0) is 19.2. The van der Waals surface area contributed by atoms with Crippen molar-refractivity contribution in [2.45, 2.75) is 39.0 Å². The Hall–Kier alpha value is -2.89. The summed E-state index contributed by atoms with van der Waals surface area (Å²) in [5, 5.41) is 17.7. The number of aromatic nitrogens is 3. The van der Waals surface area contributed by atoms with Crippen LogP contribution in [0.2, 0.25) is 0 Å². The molecule has 0 aliphatic heterocycles. The standard InChI is InChI=1S/C21H26N4O2/c1-3-15(16-8-6-5-7-9-16)14-25(4-2)19(26)11-10-17-20-18(24-23-17)12-13-22-21(20)27/h5-9,12-13,15H,3-4,10-11,14H2,1-2H3,(H,22,27)(H,23,24)/t15-/m0/s1. The van der Waals surface area contributed by atoms with Gasteiger partial charge < -0.3 is 10.0 Å². The molecular formula is C21H26N4O2. The van der Waals surface area contributed by atoms with Crippen LogP contribution < -0.4 is 0 Å². The SMILES string of the molecule is CC[C@@H](CN(CC)C(=O)CCc1n[nH]c2ccnc(O)c12)c1ccccc1. The average molecular weight is 366 g/mol. The third kappa shape index (κ3) is 4.27. The Balaban J connectivity index is 1.66. The quantitative estimate of drug-likeness (QED) is 0.638. The van der Waals surface area contributed by atoms with Gasteiger partial charge in [-0.15, -0.1) is 0 Å². The summed E-state index contributed by atoms with van der Waals surface area (Å²) in [6.45, 7) is 5.55. The molecule has 0 aliphatic rings. The number of benzene rings is 1. The third-order valence-electron chi connectivity index (χ3n) is 5.05. The highest BCUT2D eigenvalue weighted by Crippen LogP contribution is 2.25. The van der Waals surface area contributed by atoms with Crippen LogP contribution >= 0.6 is 0 Å². The molecule has 0 saturated carbocycles. The minimum absolute atomic E-state index is 0.0498. The molecule has 2 heterocycles. The molecule has 0 unspecified atom stereocenters. The highest BCUT2D eigenvalue weighted by Gasteiger charge is 2.19. The van der Waals surface area contributed by atoms with Crippen molar-refractivity contribution < 1.29 is 9.90 Å². The van der Waals surface area contributed by atoms with E-state index in [1.807, 2.05) is 30.0 Å². The van der Waals surface area contributed by atoms with E-state index in [4.69, 9.17) is 0 Å². The second-order valence-electron chi connectivity index (χ2n) is 6.68. The molecule has 1 amide bonds. The summed E-state index contributed by atoms with van der Waals surface area (Å²) < 4.78 is 0. The van der Waals surface area contributed by atoms with E-state index in [0.29, 0.717) is 42.9 Å². The first-order valence-corrected chi connectivity index (χ1v) is 9.47. The molecule has 1 aromatic carbocycles. The van der Waals surface area contributed by atoms with Gasteiger partial charge in [-0.05, 0) is 25.0 Å². The zero-order valence-corrected chi connectivity index (χ0v) is 15.9. The van der Waals surface area contributed by atoms with Gasteiger partial charge in [0.25, 0.3) is 0 Å². The number of hydrogen-bond donors (Lipinski definition) is 2. The highest BCUT2D eigenvalue weighted by atomic mass is 16.3. The largest absolute Gasteiger partial charge is 0.493 e. The van der Waals surface area contributed by atoms with Gasteiger partial charge in [0.1, 0.15) is 0 Å². The number of fused-ring (bicyclic) bond motifs is 1. The second-order valence-corrected chi connectivity index (χ2v) is 6.68. The number of aromatic hydroxyl groups is 1. The minimum Gasteiger partial charge on any atom is -0.493 e. The Morgan fingerprint density at radius 3 is 2.70 bits per heavy atom. The van der Waals surface area contributed by atoms with Gasteiger partial charge in [-0.1, -0.05) is 37.3 Å². The smallest absolute Gasteiger partial charge is 0.222 e. The van der Waals surface area contributed by atoms with Gasteiger partial charge in [-0.3, -0.25) is 9.89 Å². The van der Waals surface area contributed by atoms with Gasteiger partial charge in [0.05, 0.1) is 16.6 Å². The summed E-state index contributed by atoms with van der Waals surface area (Å²) in [6, 6.07) is 12.1. The van der Waals surface area contributed by atoms with E-state index in [0.717, 1.165) is 11.9 Å². The third-order valence-corrected chi connectivity index (χ3v) is 5.05. The number of nitrogens with one attached hydrogen (secondary N) is 1. The molecule has 0 aliphatic carbocycles. The number of aromatic amines is 1. The van der Waals surface area contributed by atoms with Gasteiger partial charge in [0.15, 0.2) is 0 Å². The monoisotopic (exact) mass is 366 g/mol. The molecule has 0 bridgehead atoms. The number of rotatable bonds is 8. The molecule has 6 nitrogen and oxygen atoms in total. The molecule has 6 heteroatoms. The molecule has 142 valence electrons. The lowest BCUT2D eigenvalue weighted by molar-refractivity contribution is -0.131. The Kier molecular flexibility index (Phi) is 6.06. The normalized spacial score (nSPS) is 12.2. The number of aryl methyl sites for hydroxylation is 1. The molecule has 0 saturated heterocycles. The van der Waals surface area contributed by atoms with Gasteiger partial charge in [-0.25, -0.2) is 4.98 Å². The minimum atomic E-state index is -0.0498. The number of likely N-dealkylation sites (N-methyl/N-ethyl adjacent to an activating group) is 1. The molecular weight excluding hydrogens is 340 g/mol. The van der Waals surface area contributed by atoms with E-state index in [2.05, 4.69) is 34.2 Å². The number of nitrogens with zero attached hydrogens (tertiary/aromatic N) is 3. The number of hydrogen-bond acceptors (Lipinski definition) is 4. The van der Waals surface area contributed by atoms with E-state index in [-0.39, 0.29) is 11.8 Å². The topological polar surface area (TPSA) is 82.1 Å². The zero-order valence-electron chi connectivity index (χ0n) is 15.9. The summed E-state index contributed by atoms with van der Waals surface area (Å²) in [7, 11) is 0. The summed E-state index contributed by atoms with van der Waals surface area (Å²) in [5.41, 5.74) is 2.67. The molecule has 2 N–H and O–H groups in total. The molecule has 3 rings (SSSR count). The second kappa shape index (κ2) is 8.66. The Labute approximate surface area is 159 Å². The van der Waals surface area contributed by atoms with Crippen molar-refractivity contribution in [2.75, 3.05) is 13.1 Å². The van der Waals surface area contributed by atoms with Crippen LogP contribution in [0.1, 0.15) is 43.9 Å². The average Bonchev–Trinajstić information content (AvgIpc) is 3.12. The maximum atomic E-state index is 12.8. The lowest BCUT2D eigenvalue weighted by atomic mass is 9.95. The van der Waals surface area contributed by atoms with Crippen LogP contribution in [0.4, 0.5) is 0 Å². The summed E-state index contributed by atoms with van der Waals surface area (Å²) in [6.07, 6.45) is 3.33. The maximum absolute atomic E-state index is 12.8. The maximum Gasteiger partial charge on any atom is 0.222 e. The predicted molar refractivity (Wildman–Crippen MR) is 106 cm³/mol. The number of pyridine rings is 1. The number of carbonyl (C=O) groups excluding carboxylic acids is 1. The van der Waals surface area contributed by atoms with Crippen LogP contribution in [-0.4, -0.2) is 44.2 Å². The lowest BCUT2D eigenvalue weighted by Crippen LogP contribution is -2.34. The van der Waals surface area contributed by atoms with E-state index < -0.39 is 0 Å².